The number of hydrogen-bond acceptors (Lipinski definition) is 4. The molecule has 154 valence electrons. The number of carbonyl (C=O) groups is 3. The molecule has 0 radical (unpaired) electrons. The monoisotopic (exact) mass is 398 g/mol. The van der Waals surface area contributed by atoms with E-state index >= 15 is 0 Å². The molecule has 2 aromatic rings. The molecule has 2 rings (SSSR count). The summed E-state index contributed by atoms with van der Waals surface area (Å²) >= 11 is 0. The maximum absolute atomic E-state index is 12.6. The predicted octanol–water partition coefficient (Wildman–Crippen LogP) is 2.88. The van der Waals surface area contributed by atoms with E-state index in [2.05, 4.69) is 5.32 Å². The van der Waals surface area contributed by atoms with Crippen molar-refractivity contribution in [3.8, 4) is 5.75 Å². The minimum Gasteiger partial charge on any atom is -0.484 e. The van der Waals surface area contributed by atoms with Crippen molar-refractivity contribution in [2.75, 3.05) is 18.6 Å². The smallest absolute Gasteiger partial charge is 0.326 e. The third-order valence-corrected chi connectivity index (χ3v) is 4.45. The summed E-state index contributed by atoms with van der Waals surface area (Å²) in [5.41, 5.74) is 2.35. The Morgan fingerprint density at radius 3 is 2.14 bits per heavy atom. The van der Waals surface area contributed by atoms with Crippen LogP contribution in [0.5, 0.6) is 5.75 Å². The zero-order chi connectivity index (χ0) is 21.6. The molecule has 7 heteroatoms. The Labute approximate surface area is 170 Å². The molecule has 2 amide bonds. The van der Waals surface area contributed by atoms with Crippen LogP contribution in [-0.4, -0.2) is 42.6 Å². The molecular formula is C22H26N2O5. The molecule has 7 nitrogen and oxygen atoms in total. The fraction of sp³-hybridized carbons (Fsp3) is 0.318. The number of nitrogens with one attached hydrogen (secondary N) is 1. The number of carboxylic acids is 1. The molecule has 0 saturated carbocycles. The number of hydrogen-bond donors (Lipinski definition) is 2. The predicted molar refractivity (Wildman–Crippen MR) is 110 cm³/mol. The van der Waals surface area contributed by atoms with Crippen LogP contribution in [0.25, 0.3) is 0 Å². The van der Waals surface area contributed by atoms with Crippen molar-refractivity contribution >= 4 is 23.5 Å². The van der Waals surface area contributed by atoms with Gasteiger partial charge >= 0.3 is 5.97 Å². The zero-order valence-corrected chi connectivity index (χ0v) is 17.0. The molecule has 0 aromatic heterocycles. The van der Waals surface area contributed by atoms with Crippen LogP contribution in [0.4, 0.5) is 5.69 Å². The van der Waals surface area contributed by atoms with Crippen LogP contribution in [0, 0.1) is 12.8 Å². The van der Waals surface area contributed by atoms with E-state index in [0.717, 1.165) is 5.56 Å². The summed E-state index contributed by atoms with van der Waals surface area (Å²) < 4.78 is 5.41. The van der Waals surface area contributed by atoms with Crippen LogP contribution in [0.1, 0.15) is 29.8 Å². The molecule has 0 saturated heterocycles. The van der Waals surface area contributed by atoms with Gasteiger partial charge in [-0.05, 0) is 49.2 Å². The normalized spacial score (nSPS) is 11.6. The zero-order valence-electron chi connectivity index (χ0n) is 17.0. The van der Waals surface area contributed by atoms with Gasteiger partial charge in [0.1, 0.15) is 11.8 Å². The number of benzene rings is 2. The lowest BCUT2D eigenvalue weighted by atomic mass is 10.1. The summed E-state index contributed by atoms with van der Waals surface area (Å²) in [6.07, 6.45) is 0. The number of nitrogens with zero attached hydrogens (tertiary/aromatic N) is 1. The first-order valence-corrected chi connectivity index (χ1v) is 9.28. The maximum Gasteiger partial charge on any atom is 0.326 e. The molecule has 2 N–H and O–H groups in total. The van der Waals surface area contributed by atoms with Gasteiger partial charge in [0, 0.05) is 18.3 Å². The highest BCUT2D eigenvalue weighted by Crippen LogP contribution is 2.20. The second-order valence-corrected chi connectivity index (χ2v) is 7.14. The molecule has 2 aromatic carbocycles. The molecule has 0 aliphatic rings. The minimum absolute atomic E-state index is 0.133. The van der Waals surface area contributed by atoms with Gasteiger partial charge in [0.25, 0.3) is 11.8 Å². The molecule has 0 fully saturated rings. The van der Waals surface area contributed by atoms with E-state index in [9.17, 15) is 14.4 Å². The van der Waals surface area contributed by atoms with Crippen LogP contribution in [-0.2, 0) is 9.59 Å². The fourth-order valence-corrected chi connectivity index (χ4v) is 2.65. The molecular weight excluding hydrogens is 372 g/mol. The summed E-state index contributed by atoms with van der Waals surface area (Å²) in [4.78, 5) is 37.2. The number of aryl methyl sites for hydroxylation is 1. The van der Waals surface area contributed by atoms with E-state index in [1.54, 1.807) is 57.3 Å². The number of ether oxygens (including phenoxy) is 1. The fourth-order valence-electron chi connectivity index (χ4n) is 2.65. The Bertz CT molecular complexity index is 860. The summed E-state index contributed by atoms with van der Waals surface area (Å²) in [6.45, 7) is 5.09. The van der Waals surface area contributed by atoms with Crippen LogP contribution in [0.15, 0.2) is 48.5 Å². The molecule has 1 unspecified atom stereocenters. The van der Waals surface area contributed by atoms with Crippen molar-refractivity contribution in [3.05, 3.63) is 59.7 Å². The van der Waals surface area contributed by atoms with E-state index in [1.165, 1.54) is 4.90 Å². The van der Waals surface area contributed by atoms with Crippen molar-refractivity contribution in [1.29, 1.82) is 0 Å². The van der Waals surface area contributed by atoms with E-state index in [4.69, 9.17) is 9.84 Å². The van der Waals surface area contributed by atoms with Gasteiger partial charge in [-0.15, -0.1) is 0 Å². The van der Waals surface area contributed by atoms with Gasteiger partial charge < -0.3 is 20.1 Å². The summed E-state index contributed by atoms with van der Waals surface area (Å²) in [5, 5.41) is 11.5. The van der Waals surface area contributed by atoms with E-state index < -0.39 is 17.9 Å². The highest BCUT2D eigenvalue weighted by atomic mass is 16.5. The Balaban J connectivity index is 1.94. The number of aliphatic carboxylic acids is 1. The first-order chi connectivity index (χ1) is 13.7. The van der Waals surface area contributed by atoms with Gasteiger partial charge in [-0.1, -0.05) is 31.5 Å². The maximum atomic E-state index is 12.6. The van der Waals surface area contributed by atoms with Crippen LogP contribution < -0.4 is 15.0 Å². The summed E-state index contributed by atoms with van der Waals surface area (Å²) in [6, 6.07) is 13.1. The molecule has 0 aliphatic carbocycles. The van der Waals surface area contributed by atoms with Crippen molar-refractivity contribution in [2.24, 2.45) is 5.92 Å². The molecule has 0 spiro atoms. The van der Waals surface area contributed by atoms with Gasteiger partial charge in [-0.25, -0.2) is 4.79 Å². The minimum atomic E-state index is -1.08. The molecule has 0 bridgehead atoms. The Kier molecular flexibility index (Phi) is 7.36. The lowest BCUT2D eigenvalue weighted by Crippen LogP contribution is -2.46. The van der Waals surface area contributed by atoms with Crippen LogP contribution in [0.2, 0.25) is 0 Å². The van der Waals surface area contributed by atoms with Gasteiger partial charge in [-0.3, -0.25) is 9.59 Å². The average Bonchev–Trinajstić information content (AvgIpc) is 2.70. The van der Waals surface area contributed by atoms with Gasteiger partial charge in [-0.2, -0.15) is 0 Å². The lowest BCUT2D eigenvalue weighted by Gasteiger charge is -2.19. The largest absolute Gasteiger partial charge is 0.484 e. The summed E-state index contributed by atoms with van der Waals surface area (Å²) in [7, 11) is 1.68. The number of carboxylic acid groups (broad SMARTS) is 1. The van der Waals surface area contributed by atoms with Crippen molar-refractivity contribution in [1.82, 2.24) is 5.32 Å². The number of carbonyl (C=O) groups excluding carboxylic acids is 2. The molecule has 29 heavy (non-hydrogen) atoms. The highest BCUT2D eigenvalue weighted by molar-refractivity contribution is 6.05. The standard InChI is InChI=1S/C22H26N2O5/c1-14(2)20(22(27)28)23-19(25)13-29-18-11-9-17(10-12-18)24(4)21(26)16-7-5-15(3)6-8-16/h5-12,14,20H,13H2,1-4H3,(H,23,25)(H,27,28). The van der Waals surface area contributed by atoms with E-state index in [1.807, 2.05) is 19.1 Å². The average molecular weight is 398 g/mol. The highest BCUT2D eigenvalue weighted by Gasteiger charge is 2.23. The van der Waals surface area contributed by atoms with E-state index in [0.29, 0.717) is 17.0 Å². The lowest BCUT2D eigenvalue weighted by molar-refractivity contribution is -0.143. The van der Waals surface area contributed by atoms with Crippen molar-refractivity contribution in [3.63, 3.8) is 0 Å². The Morgan fingerprint density at radius 2 is 1.62 bits per heavy atom. The molecule has 0 heterocycles. The third kappa shape index (κ3) is 6.07. The first-order valence-electron chi connectivity index (χ1n) is 9.28. The number of anilines is 1. The first kappa shape index (κ1) is 21.9. The van der Waals surface area contributed by atoms with Gasteiger partial charge in [0.05, 0.1) is 0 Å². The van der Waals surface area contributed by atoms with Crippen molar-refractivity contribution in [2.45, 2.75) is 26.8 Å². The second-order valence-electron chi connectivity index (χ2n) is 7.14. The third-order valence-electron chi connectivity index (χ3n) is 4.45. The van der Waals surface area contributed by atoms with E-state index in [-0.39, 0.29) is 18.4 Å². The summed E-state index contributed by atoms with van der Waals surface area (Å²) in [5.74, 6) is -1.53. The van der Waals surface area contributed by atoms with Crippen LogP contribution in [0.3, 0.4) is 0 Å². The van der Waals surface area contributed by atoms with Crippen molar-refractivity contribution < 1.29 is 24.2 Å². The quantitative estimate of drug-likeness (QED) is 0.713. The number of rotatable bonds is 8. The topological polar surface area (TPSA) is 95.9 Å². The van der Waals surface area contributed by atoms with Gasteiger partial charge in [0.2, 0.25) is 0 Å². The molecule has 1 atom stereocenters. The van der Waals surface area contributed by atoms with Crippen LogP contribution >= 0.6 is 0 Å². The Hall–Kier alpha value is -3.35. The number of amides is 2. The second kappa shape index (κ2) is 9.73. The van der Waals surface area contributed by atoms with Gasteiger partial charge in [0.15, 0.2) is 6.61 Å². The SMILES string of the molecule is Cc1ccc(C(=O)N(C)c2ccc(OCC(=O)NC(C(=O)O)C(C)C)cc2)cc1. The molecule has 0 aliphatic heterocycles. The Morgan fingerprint density at radius 1 is 1.03 bits per heavy atom.